The van der Waals surface area contributed by atoms with Crippen molar-refractivity contribution in [2.24, 2.45) is 0 Å². The van der Waals surface area contributed by atoms with Crippen LogP contribution >= 0.6 is 0 Å². The zero-order chi connectivity index (χ0) is 25.1. The lowest BCUT2D eigenvalue weighted by atomic mass is 10.1. The molecule has 0 saturated heterocycles. The van der Waals surface area contributed by atoms with E-state index in [-0.39, 0.29) is 6.09 Å². The monoisotopic (exact) mass is 483 g/mol. The number of carbonyl (C=O) groups excluding carboxylic acids is 1. The van der Waals surface area contributed by atoms with Gasteiger partial charge in [-0.1, -0.05) is 36.4 Å². The average molecular weight is 484 g/mol. The summed E-state index contributed by atoms with van der Waals surface area (Å²) in [6, 6.07) is 14.0. The summed E-state index contributed by atoms with van der Waals surface area (Å²) in [5, 5.41) is 8.73. The summed E-state index contributed by atoms with van der Waals surface area (Å²) >= 11 is 0. The molecule has 1 aliphatic heterocycles. The molecule has 0 unspecified atom stereocenters. The fraction of sp³-hybridized carbons (Fsp3) is 0.259. The van der Waals surface area contributed by atoms with Gasteiger partial charge in [0.15, 0.2) is 5.82 Å². The number of ether oxygens (including phenoxy) is 1. The topological polar surface area (TPSA) is 101 Å². The lowest BCUT2D eigenvalue weighted by Crippen LogP contribution is -2.39. The first-order valence-electron chi connectivity index (χ1n) is 11.9. The molecule has 184 valence electrons. The van der Waals surface area contributed by atoms with Crippen LogP contribution in [0.1, 0.15) is 38.4 Å². The number of aromatic nitrogens is 5. The second-order valence-electron chi connectivity index (χ2n) is 9.61. The van der Waals surface area contributed by atoms with Crippen LogP contribution in [-0.4, -0.2) is 54.4 Å². The fourth-order valence-electron chi connectivity index (χ4n) is 3.95. The molecule has 0 bridgehead atoms. The van der Waals surface area contributed by atoms with Crippen molar-refractivity contribution in [3.8, 4) is 0 Å². The second kappa shape index (κ2) is 9.69. The number of nitrogens with one attached hydrogen (secondary N) is 2. The second-order valence-corrected chi connectivity index (χ2v) is 9.61. The van der Waals surface area contributed by atoms with Crippen LogP contribution in [0.25, 0.3) is 28.9 Å². The normalized spacial score (nSPS) is 14.3. The molecule has 3 aromatic heterocycles. The molecule has 0 saturated carbocycles. The number of amides is 1. The van der Waals surface area contributed by atoms with Crippen LogP contribution in [0.3, 0.4) is 0 Å². The Morgan fingerprint density at radius 1 is 1.17 bits per heavy atom. The van der Waals surface area contributed by atoms with Gasteiger partial charge in [0.25, 0.3) is 0 Å². The summed E-state index contributed by atoms with van der Waals surface area (Å²) in [6.45, 7) is 6.72. The van der Waals surface area contributed by atoms with Gasteiger partial charge < -0.3 is 19.9 Å². The van der Waals surface area contributed by atoms with Crippen molar-refractivity contribution >= 4 is 46.6 Å². The summed E-state index contributed by atoms with van der Waals surface area (Å²) < 4.78 is 7.24. The standard InChI is InChI=1S/C27H29N7O2/c1-27(2,3)36-26(35)33-13-10-20(11-14-33)22-17-21-24(30-22)28-18-29-25(21)31-23-12-16-34(32-23)15-9-19-7-5-4-6-8-19/h4-10,12,15-18H,11,13-14H2,1-3H3,(H2,28,29,30,31,32). The van der Waals surface area contributed by atoms with E-state index in [1.165, 1.54) is 6.33 Å². The predicted molar refractivity (Wildman–Crippen MR) is 141 cm³/mol. The number of nitrogens with zero attached hydrogens (tertiary/aromatic N) is 5. The Balaban J connectivity index is 1.29. The van der Waals surface area contributed by atoms with Gasteiger partial charge in [-0.2, -0.15) is 5.10 Å². The molecule has 9 heteroatoms. The number of fused-ring (bicyclic) bond motifs is 1. The fourth-order valence-corrected chi connectivity index (χ4v) is 3.95. The van der Waals surface area contributed by atoms with Gasteiger partial charge in [-0.3, -0.25) is 0 Å². The third kappa shape index (κ3) is 5.46. The van der Waals surface area contributed by atoms with Crippen LogP contribution in [0.4, 0.5) is 16.4 Å². The van der Waals surface area contributed by atoms with E-state index in [9.17, 15) is 4.79 Å². The van der Waals surface area contributed by atoms with Gasteiger partial charge in [0.05, 0.1) is 5.39 Å². The van der Waals surface area contributed by atoms with E-state index in [2.05, 4.69) is 31.4 Å². The van der Waals surface area contributed by atoms with Crippen LogP contribution in [0.5, 0.6) is 0 Å². The number of anilines is 2. The highest BCUT2D eigenvalue weighted by Crippen LogP contribution is 2.29. The molecule has 1 aromatic carbocycles. The molecule has 4 heterocycles. The predicted octanol–water partition coefficient (Wildman–Crippen LogP) is 5.55. The SMILES string of the molecule is CC(C)(C)OC(=O)N1CC=C(c2cc3c(Nc4ccn(C=Cc5ccccc5)n4)ncnc3[nH]2)CC1. The average Bonchev–Trinajstić information content (AvgIpc) is 3.50. The summed E-state index contributed by atoms with van der Waals surface area (Å²) in [7, 11) is 0. The van der Waals surface area contributed by atoms with E-state index in [1.54, 1.807) is 9.58 Å². The van der Waals surface area contributed by atoms with Gasteiger partial charge in [-0.15, -0.1) is 0 Å². The maximum atomic E-state index is 12.4. The smallest absolute Gasteiger partial charge is 0.410 e. The minimum atomic E-state index is -0.506. The first-order chi connectivity index (χ1) is 17.3. The van der Waals surface area contributed by atoms with Crippen LogP contribution in [0.15, 0.2) is 61.1 Å². The maximum Gasteiger partial charge on any atom is 0.410 e. The summed E-state index contributed by atoms with van der Waals surface area (Å²) in [5.74, 6) is 1.35. The Kier molecular flexibility index (Phi) is 6.28. The summed E-state index contributed by atoms with van der Waals surface area (Å²) in [5.41, 5.74) is 3.43. The molecule has 0 fully saturated rings. The number of H-pyrrole nitrogens is 1. The van der Waals surface area contributed by atoms with Crippen molar-refractivity contribution in [3.63, 3.8) is 0 Å². The zero-order valence-corrected chi connectivity index (χ0v) is 20.6. The summed E-state index contributed by atoms with van der Waals surface area (Å²) in [4.78, 5) is 26.3. The molecule has 0 aliphatic carbocycles. The maximum absolute atomic E-state index is 12.4. The molecule has 1 aliphatic rings. The molecule has 5 rings (SSSR count). The summed E-state index contributed by atoms with van der Waals surface area (Å²) in [6.07, 6.45) is 9.80. The van der Waals surface area contributed by atoms with E-state index in [4.69, 9.17) is 4.74 Å². The van der Waals surface area contributed by atoms with Gasteiger partial charge in [-0.05, 0) is 50.5 Å². The molecule has 36 heavy (non-hydrogen) atoms. The Morgan fingerprint density at radius 3 is 2.75 bits per heavy atom. The van der Waals surface area contributed by atoms with Crippen LogP contribution in [-0.2, 0) is 4.74 Å². The quantitative estimate of drug-likeness (QED) is 0.386. The Morgan fingerprint density at radius 2 is 2.00 bits per heavy atom. The molecule has 2 N–H and O–H groups in total. The Hall–Kier alpha value is -4.40. The van der Waals surface area contributed by atoms with E-state index in [1.807, 2.05) is 81.7 Å². The van der Waals surface area contributed by atoms with Gasteiger partial charge in [-0.25, -0.2) is 19.4 Å². The molecule has 1 amide bonds. The third-order valence-electron chi connectivity index (χ3n) is 5.71. The first-order valence-corrected chi connectivity index (χ1v) is 11.9. The minimum Gasteiger partial charge on any atom is -0.444 e. The molecule has 4 aromatic rings. The van der Waals surface area contributed by atoms with Crippen LogP contribution in [0.2, 0.25) is 0 Å². The number of carbonyl (C=O) groups is 1. The highest BCUT2D eigenvalue weighted by Gasteiger charge is 2.24. The first kappa shape index (κ1) is 23.3. The van der Waals surface area contributed by atoms with Crippen LogP contribution in [0, 0.1) is 0 Å². The van der Waals surface area contributed by atoms with Gasteiger partial charge in [0.2, 0.25) is 0 Å². The number of benzene rings is 1. The molecule has 0 atom stereocenters. The number of hydrogen-bond acceptors (Lipinski definition) is 6. The largest absolute Gasteiger partial charge is 0.444 e. The van der Waals surface area contributed by atoms with E-state index in [0.717, 1.165) is 34.3 Å². The van der Waals surface area contributed by atoms with E-state index < -0.39 is 5.60 Å². The molecular weight excluding hydrogens is 454 g/mol. The van der Waals surface area contributed by atoms with Crippen LogP contribution < -0.4 is 5.32 Å². The van der Waals surface area contributed by atoms with Crippen molar-refractivity contribution in [3.05, 3.63) is 72.3 Å². The highest BCUT2D eigenvalue weighted by molar-refractivity contribution is 5.92. The highest BCUT2D eigenvalue weighted by atomic mass is 16.6. The van der Waals surface area contributed by atoms with Gasteiger partial charge in [0, 0.05) is 37.2 Å². The third-order valence-corrected chi connectivity index (χ3v) is 5.71. The molecule has 9 nitrogen and oxygen atoms in total. The molecule has 0 spiro atoms. The lowest BCUT2D eigenvalue weighted by molar-refractivity contribution is 0.0270. The van der Waals surface area contributed by atoms with Crippen molar-refractivity contribution in [2.45, 2.75) is 32.8 Å². The Labute approximate surface area is 209 Å². The van der Waals surface area contributed by atoms with E-state index >= 15 is 0 Å². The number of rotatable bonds is 5. The lowest BCUT2D eigenvalue weighted by Gasteiger charge is -2.29. The van der Waals surface area contributed by atoms with Crippen molar-refractivity contribution in [1.29, 1.82) is 0 Å². The Bertz CT molecular complexity index is 1430. The number of aromatic amines is 1. The molecule has 0 radical (unpaired) electrons. The number of hydrogen-bond donors (Lipinski definition) is 2. The van der Waals surface area contributed by atoms with Crippen molar-refractivity contribution in [1.82, 2.24) is 29.6 Å². The molecular formula is C27H29N7O2. The van der Waals surface area contributed by atoms with Gasteiger partial charge >= 0.3 is 6.09 Å². The van der Waals surface area contributed by atoms with Gasteiger partial charge in [0.1, 0.15) is 23.4 Å². The van der Waals surface area contributed by atoms with Crippen molar-refractivity contribution < 1.29 is 9.53 Å². The van der Waals surface area contributed by atoms with E-state index in [0.29, 0.717) is 24.7 Å². The minimum absolute atomic E-state index is 0.287. The van der Waals surface area contributed by atoms with Crippen molar-refractivity contribution in [2.75, 3.05) is 18.4 Å². The zero-order valence-electron chi connectivity index (χ0n) is 20.6.